The second kappa shape index (κ2) is 4.39. The van der Waals surface area contributed by atoms with Crippen molar-refractivity contribution in [3.63, 3.8) is 0 Å². The molecule has 0 aromatic rings. The van der Waals surface area contributed by atoms with Gasteiger partial charge < -0.3 is 5.11 Å². The minimum atomic E-state index is -2.84. The fourth-order valence-corrected chi connectivity index (χ4v) is 3.39. The molecule has 1 N–H and O–H groups in total. The van der Waals surface area contributed by atoms with Gasteiger partial charge in [-0.05, 0) is 5.92 Å². The van der Waals surface area contributed by atoms with E-state index in [2.05, 4.69) is 0 Å². The van der Waals surface area contributed by atoms with Crippen molar-refractivity contribution in [2.75, 3.05) is 37.7 Å². The van der Waals surface area contributed by atoms with Crippen molar-refractivity contribution >= 4 is 9.84 Å². The van der Waals surface area contributed by atoms with Crippen molar-refractivity contribution in [1.82, 2.24) is 4.90 Å². The molecule has 1 saturated heterocycles. The van der Waals surface area contributed by atoms with Crippen LogP contribution in [0.15, 0.2) is 0 Å². The maximum absolute atomic E-state index is 11.3. The maximum atomic E-state index is 11.3. The predicted octanol–water partition coefficient (Wildman–Crippen LogP) is -0.655. The quantitative estimate of drug-likeness (QED) is 0.653. The van der Waals surface area contributed by atoms with Gasteiger partial charge in [0.15, 0.2) is 9.84 Å². The van der Waals surface area contributed by atoms with Crippen LogP contribution in [-0.4, -0.2) is 56.2 Å². The van der Waals surface area contributed by atoms with Crippen molar-refractivity contribution in [3.8, 4) is 0 Å². The standard InChI is InChI=1S/C8H17NO3S/c1-8-6-9(2-4-10)3-5-13(11,12)7-8/h8,10H,2-7H2,1H3. The maximum Gasteiger partial charge on any atom is 0.151 e. The Morgan fingerprint density at radius 3 is 2.85 bits per heavy atom. The zero-order valence-corrected chi connectivity index (χ0v) is 8.76. The molecule has 1 atom stereocenters. The van der Waals surface area contributed by atoms with Crippen molar-refractivity contribution in [3.05, 3.63) is 0 Å². The molecular formula is C8H17NO3S. The lowest BCUT2D eigenvalue weighted by molar-refractivity contribution is 0.192. The molecule has 0 aromatic carbocycles. The Bertz CT molecular complexity index is 250. The zero-order chi connectivity index (χ0) is 9.90. The Morgan fingerprint density at radius 2 is 2.23 bits per heavy atom. The Balaban J connectivity index is 2.58. The molecule has 0 spiro atoms. The highest BCUT2D eigenvalue weighted by molar-refractivity contribution is 7.91. The monoisotopic (exact) mass is 207 g/mol. The molecule has 0 bridgehead atoms. The van der Waals surface area contributed by atoms with Crippen LogP contribution in [0.1, 0.15) is 6.92 Å². The molecule has 0 radical (unpaired) electrons. The van der Waals surface area contributed by atoms with Gasteiger partial charge in [-0.3, -0.25) is 4.90 Å². The summed E-state index contributed by atoms with van der Waals surface area (Å²) in [6, 6.07) is 0. The second-order valence-electron chi connectivity index (χ2n) is 3.74. The predicted molar refractivity (Wildman–Crippen MR) is 51.3 cm³/mol. The third-order valence-corrected chi connectivity index (χ3v) is 4.12. The van der Waals surface area contributed by atoms with E-state index in [1.165, 1.54) is 0 Å². The van der Waals surface area contributed by atoms with Gasteiger partial charge in [0.1, 0.15) is 0 Å². The zero-order valence-electron chi connectivity index (χ0n) is 7.94. The van der Waals surface area contributed by atoms with Gasteiger partial charge in [0.25, 0.3) is 0 Å². The number of hydrogen-bond acceptors (Lipinski definition) is 4. The van der Waals surface area contributed by atoms with E-state index in [-0.39, 0.29) is 24.0 Å². The highest BCUT2D eigenvalue weighted by Crippen LogP contribution is 2.10. The van der Waals surface area contributed by atoms with Crippen LogP contribution in [0.5, 0.6) is 0 Å². The molecular weight excluding hydrogens is 190 g/mol. The van der Waals surface area contributed by atoms with Gasteiger partial charge >= 0.3 is 0 Å². The van der Waals surface area contributed by atoms with Crippen LogP contribution in [0, 0.1) is 5.92 Å². The molecule has 0 amide bonds. The van der Waals surface area contributed by atoms with Gasteiger partial charge in [0, 0.05) is 19.6 Å². The first kappa shape index (κ1) is 10.9. The first-order valence-electron chi connectivity index (χ1n) is 4.57. The molecule has 4 nitrogen and oxygen atoms in total. The average Bonchev–Trinajstić information content (AvgIpc) is 2.10. The summed E-state index contributed by atoms with van der Waals surface area (Å²) in [7, 11) is -2.84. The highest BCUT2D eigenvalue weighted by Gasteiger charge is 2.23. The third-order valence-electron chi connectivity index (χ3n) is 2.24. The van der Waals surface area contributed by atoms with Crippen molar-refractivity contribution in [2.45, 2.75) is 6.92 Å². The van der Waals surface area contributed by atoms with Gasteiger partial charge in [-0.15, -0.1) is 0 Å². The first-order valence-corrected chi connectivity index (χ1v) is 6.39. The Kier molecular flexibility index (Phi) is 3.70. The fraction of sp³-hybridized carbons (Fsp3) is 1.00. The number of aliphatic hydroxyl groups is 1. The molecule has 1 unspecified atom stereocenters. The molecule has 1 heterocycles. The Hall–Kier alpha value is -0.130. The van der Waals surface area contributed by atoms with E-state index in [9.17, 15) is 8.42 Å². The van der Waals surface area contributed by atoms with Gasteiger partial charge in [-0.25, -0.2) is 8.42 Å². The lowest BCUT2D eigenvalue weighted by Gasteiger charge is -2.19. The van der Waals surface area contributed by atoms with Gasteiger partial charge in [0.05, 0.1) is 18.1 Å². The largest absolute Gasteiger partial charge is 0.395 e. The molecule has 1 aliphatic heterocycles. The number of hydrogen-bond donors (Lipinski definition) is 1. The minimum absolute atomic E-state index is 0.104. The summed E-state index contributed by atoms with van der Waals surface area (Å²) in [5.41, 5.74) is 0. The van der Waals surface area contributed by atoms with Crippen molar-refractivity contribution in [1.29, 1.82) is 0 Å². The topological polar surface area (TPSA) is 57.6 Å². The van der Waals surface area contributed by atoms with Crippen LogP contribution in [-0.2, 0) is 9.84 Å². The summed E-state index contributed by atoms with van der Waals surface area (Å²) in [6.07, 6.45) is 0. The Morgan fingerprint density at radius 1 is 1.54 bits per heavy atom. The highest BCUT2D eigenvalue weighted by atomic mass is 32.2. The molecule has 0 saturated carbocycles. The summed E-state index contributed by atoms with van der Waals surface area (Å²) >= 11 is 0. The van der Waals surface area contributed by atoms with Crippen LogP contribution in [0.4, 0.5) is 0 Å². The first-order chi connectivity index (χ1) is 6.03. The molecule has 78 valence electrons. The number of rotatable bonds is 2. The van der Waals surface area contributed by atoms with E-state index < -0.39 is 9.84 Å². The normalized spacial score (nSPS) is 29.8. The van der Waals surface area contributed by atoms with Crippen molar-refractivity contribution < 1.29 is 13.5 Å². The summed E-state index contributed by atoms with van der Waals surface area (Å²) in [5, 5.41) is 8.74. The molecule has 0 aliphatic carbocycles. The van der Waals surface area contributed by atoms with Crippen LogP contribution in [0.2, 0.25) is 0 Å². The number of β-amino-alcohol motifs (C(OH)–C–C–N with tert-alkyl or cyclic N) is 1. The Labute approximate surface area is 79.5 Å². The lowest BCUT2D eigenvalue weighted by atomic mass is 10.2. The van der Waals surface area contributed by atoms with E-state index in [1.54, 1.807) is 0 Å². The summed E-state index contributed by atoms with van der Waals surface area (Å²) < 4.78 is 22.7. The number of sulfone groups is 1. The van der Waals surface area contributed by atoms with Gasteiger partial charge in [-0.2, -0.15) is 0 Å². The van der Waals surface area contributed by atoms with Crippen LogP contribution < -0.4 is 0 Å². The average molecular weight is 207 g/mol. The van der Waals surface area contributed by atoms with E-state index >= 15 is 0 Å². The second-order valence-corrected chi connectivity index (χ2v) is 5.97. The molecule has 1 fully saturated rings. The molecule has 0 aromatic heterocycles. The van der Waals surface area contributed by atoms with Crippen LogP contribution >= 0.6 is 0 Å². The molecule has 1 rings (SSSR count). The lowest BCUT2D eigenvalue weighted by Crippen LogP contribution is -2.31. The van der Waals surface area contributed by atoms with Crippen LogP contribution in [0.3, 0.4) is 0 Å². The summed E-state index contributed by atoms with van der Waals surface area (Å²) in [6.45, 7) is 3.97. The van der Waals surface area contributed by atoms with Gasteiger partial charge in [-0.1, -0.05) is 6.92 Å². The minimum Gasteiger partial charge on any atom is -0.395 e. The summed E-state index contributed by atoms with van der Waals surface area (Å²) in [4.78, 5) is 2.01. The van der Waals surface area contributed by atoms with Crippen LogP contribution in [0.25, 0.3) is 0 Å². The smallest absolute Gasteiger partial charge is 0.151 e. The molecule has 1 aliphatic rings. The number of aliphatic hydroxyl groups excluding tert-OH is 1. The van der Waals surface area contributed by atoms with Crippen molar-refractivity contribution in [2.24, 2.45) is 5.92 Å². The fourth-order valence-electron chi connectivity index (χ4n) is 1.71. The molecule has 13 heavy (non-hydrogen) atoms. The number of nitrogens with zero attached hydrogens (tertiary/aromatic N) is 1. The van der Waals surface area contributed by atoms with E-state index in [1.807, 2.05) is 11.8 Å². The van der Waals surface area contributed by atoms with E-state index in [0.29, 0.717) is 13.1 Å². The van der Waals surface area contributed by atoms with Gasteiger partial charge in [0.2, 0.25) is 0 Å². The van der Waals surface area contributed by atoms with E-state index in [4.69, 9.17) is 5.11 Å². The summed E-state index contributed by atoms with van der Waals surface area (Å²) in [5.74, 6) is 0.700. The SMILES string of the molecule is CC1CN(CCO)CCS(=O)(=O)C1. The van der Waals surface area contributed by atoms with E-state index in [0.717, 1.165) is 6.54 Å². The third kappa shape index (κ3) is 3.62. The molecule has 5 heteroatoms.